The summed E-state index contributed by atoms with van der Waals surface area (Å²) in [6.07, 6.45) is 1.72. The molecule has 0 radical (unpaired) electrons. The molecule has 134 valence electrons. The number of aromatic nitrogens is 2. The maximum absolute atomic E-state index is 6.34. The van der Waals surface area contributed by atoms with Gasteiger partial charge in [0.15, 0.2) is 11.5 Å². The van der Waals surface area contributed by atoms with E-state index in [2.05, 4.69) is 10.1 Å². The second-order valence-electron chi connectivity index (χ2n) is 5.27. The summed E-state index contributed by atoms with van der Waals surface area (Å²) in [5.41, 5.74) is 1.61. The Balaban J connectivity index is 1.86. The fraction of sp³-hybridized carbons (Fsp3) is 0.158. The molecule has 1 aromatic heterocycles. The average Bonchev–Trinajstić information content (AvgIpc) is 3.13. The van der Waals surface area contributed by atoms with E-state index in [0.717, 1.165) is 11.1 Å². The third-order valence-electron chi connectivity index (χ3n) is 3.51. The highest BCUT2D eigenvalue weighted by Crippen LogP contribution is 2.31. The standard InChI is InChI=1S/C19H16Cl2N2O3/c1-3-25-17-11-12(4-9-16(17)24-2)10-15(21)19-22-18(23-26-19)13-5-7-14(20)8-6-13/h4-11H,3H2,1-2H3/b15-10-. The van der Waals surface area contributed by atoms with Gasteiger partial charge >= 0.3 is 0 Å². The molecule has 0 saturated heterocycles. The number of methoxy groups -OCH3 is 1. The third-order valence-corrected chi connectivity index (χ3v) is 4.04. The molecule has 3 rings (SSSR count). The summed E-state index contributed by atoms with van der Waals surface area (Å²) in [4.78, 5) is 4.32. The van der Waals surface area contributed by atoms with E-state index < -0.39 is 0 Å². The Morgan fingerprint density at radius 3 is 2.62 bits per heavy atom. The van der Waals surface area contributed by atoms with Crippen molar-refractivity contribution in [1.29, 1.82) is 0 Å². The summed E-state index contributed by atoms with van der Waals surface area (Å²) < 4.78 is 16.1. The van der Waals surface area contributed by atoms with Gasteiger partial charge in [-0.05, 0) is 55.0 Å². The molecule has 0 N–H and O–H groups in total. The van der Waals surface area contributed by atoms with Crippen LogP contribution < -0.4 is 9.47 Å². The minimum absolute atomic E-state index is 0.227. The molecule has 3 aromatic rings. The van der Waals surface area contributed by atoms with Crippen molar-refractivity contribution in [2.75, 3.05) is 13.7 Å². The van der Waals surface area contributed by atoms with Crippen LogP contribution >= 0.6 is 23.2 Å². The fourth-order valence-corrected chi connectivity index (χ4v) is 2.62. The smallest absolute Gasteiger partial charge is 0.269 e. The van der Waals surface area contributed by atoms with E-state index in [1.54, 1.807) is 25.3 Å². The van der Waals surface area contributed by atoms with E-state index >= 15 is 0 Å². The van der Waals surface area contributed by atoms with Crippen LogP contribution in [0.1, 0.15) is 18.4 Å². The van der Waals surface area contributed by atoms with Crippen LogP contribution in [0.15, 0.2) is 47.0 Å². The van der Waals surface area contributed by atoms with Crippen LogP contribution in [0.4, 0.5) is 0 Å². The van der Waals surface area contributed by atoms with Gasteiger partial charge in [-0.2, -0.15) is 4.98 Å². The number of benzene rings is 2. The average molecular weight is 391 g/mol. The van der Waals surface area contributed by atoms with Crippen molar-refractivity contribution in [3.05, 3.63) is 58.9 Å². The van der Waals surface area contributed by atoms with Crippen molar-refractivity contribution in [1.82, 2.24) is 10.1 Å². The number of hydrogen-bond acceptors (Lipinski definition) is 5. The zero-order valence-electron chi connectivity index (χ0n) is 14.2. The third kappa shape index (κ3) is 4.18. The summed E-state index contributed by atoms with van der Waals surface area (Å²) in [6, 6.07) is 12.7. The molecular weight excluding hydrogens is 375 g/mol. The minimum atomic E-state index is 0.227. The molecule has 0 aliphatic carbocycles. The van der Waals surface area contributed by atoms with Crippen molar-refractivity contribution in [3.8, 4) is 22.9 Å². The molecule has 0 aliphatic heterocycles. The second-order valence-corrected chi connectivity index (χ2v) is 6.11. The molecule has 0 bridgehead atoms. The van der Waals surface area contributed by atoms with Gasteiger partial charge in [-0.1, -0.05) is 34.4 Å². The largest absolute Gasteiger partial charge is 0.493 e. The highest BCUT2D eigenvalue weighted by Gasteiger charge is 2.12. The zero-order chi connectivity index (χ0) is 18.5. The van der Waals surface area contributed by atoms with E-state index in [4.69, 9.17) is 37.2 Å². The molecule has 26 heavy (non-hydrogen) atoms. The molecule has 2 aromatic carbocycles. The first-order valence-corrected chi connectivity index (χ1v) is 8.64. The van der Waals surface area contributed by atoms with Crippen molar-refractivity contribution in [2.45, 2.75) is 6.92 Å². The van der Waals surface area contributed by atoms with Crippen molar-refractivity contribution >= 4 is 34.3 Å². The summed E-state index contributed by atoms with van der Waals surface area (Å²) in [7, 11) is 1.59. The predicted octanol–water partition coefficient (Wildman–Crippen LogP) is 5.53. The Hall–Kier alpha value is -2.50. The summed E-state index contributed by atoms with van der Waals surface area (Å²) >= 11 is 12.2. The van der Waals surface area contributed by atoms with Crippen LogP contribution in [0.2, 0.25) is 5.02 Å². The fourth-order valence-electron chi connectivity index (χ4n) is 2.30. The van der Waals surface area contributed by atoms with Gasteiger partial charge < -0.3 is 14.0 Å². The molecule has 0 atom stereocenters. The quantitative estimate of drug-likeness (QED) is 0.553. The van der Waals surface area contributed by atoms with E-state index in [0.29, 0.717) is 34.0 Å². The number of hydrogen-bond donors (Lipinski definition) is 0. The number of halogens is 2. The van der Waals surface area contributed by atoms with Crippen LogP contribution in [0.5, 0.6) is 11.5 Å². The van der Waals surface area contributed by atoms with Gasteiger partial charge in [0.25, 0.3) is 5.89 Å². The van der Waals surface area contributed by atoms with Gasteiger partial charge in [0.1, 0.15) is 5.03 Å². The minimum Gasteiger partial charge on any atom is -0.493 e. The van der Waals surface area contributed by atoms with Crippen LogP contribution in [-0.2, 0) is 0 Å². The Morgan fingerprint density at radius 2 is 1.92 bits per heavy atom. The number of rotatable bonds is 6. The van der Waals surface area contributed by atoms with Gasteiger partial charge in [0.2, 0.25) is 5.82 Å². The normalized spacial score (nSPS) is 11.5. The van der Waals surface area contributed by atoms with Crippen LogP contribution in [-0.4, -0.2) is 23.9 Å². The first kappa shape index (κ1) is 18.3. The molecule has 0 spiro atoms. The predicted molar refractivity (Wildman–Crippen MR) is 103 cm³/mol. The Bertz CT molecular complexity index is 921. The zero-order valence-corrected chi connectivity index (χ0v) is 15.7. The lowest BCUT2D eigenvalue weighted by Crippen LogP contribution is -1.95. The summed E-state index contributed by atoms with van der Waals surface area (Å²) in [5, 5.41) is 4.92. The number of ether oxygens (including phenoxy) is 2. The SMILES string of the molecule is CCOc1cc(/C=C(\Cl)c2nc(-c3ccc(Cl)cc3)no2)ccc1OC. The highest BCUT2D eigenvalue weighted by atomic mass is 35.5. The van der Waals surface area contributed by atoms with E-state index in [-0.39, 0.29) is 5.89 Å². The molecule has 0 fully saturated rings. The molecule has 0 unspecified atom stereocenters. The first-order chi connectivity index (χ1) is 12.6. The lowest BCUT2D eigenvalue weighted by molar-refractivity contribution is 0.311. The van der Waals surface area contributed by atoms with Crippen molar-refractivity contribution in [3.63, 3.8) is 0 Å². The molecule has 7 heteroatoms. The Kier molecular flexibility index (Phi) is 5.81. The maximum Gasteiger partial charge on any atom is 0.269 e. The van der Waals surface area contributed by atoms with Gasteiger partial charge in [-0.25, -0.2) is 0 Å². The van der Waals surface area contributed by atoms with E-state index in [1.165, 1.54) is 0 Å². The molecule has 0 saturated carbocycles. The van der Waals surface area contributed by atoms with Crippen LogP contribution in [0.3, 0.4) is 0 Å². The summed E-state index contributed by atoms with van der Waals surface area (Å²) in [6.45, 7) is 2.44. The van der Waals surface area contributed by atoms with E-state index in [9.17, 15) is 0 Å². The topological polar surface area (TPSA) is 57.4 Å². The van der Waals surface area contributed by atoms with Crippen molar-refractivity contribution < 1.29 is 14.0 Å². The van der Waals surface area contributed by atoms with Crippen LogP contribution in [0, 0.1) is 0 Å². The van der Waals surface area contributed by atoms with Crippen LogP contribution in [0.25, 0.3) is 22.5 Å². The summed E-state index contributed by atoms with van der Waals surface area (Å²) in [5.74, 6) is 1.96. The maximum atomic E-state index is 6.34. The molecule has 5 nitrogen and oxygen atoms in total. The molecular formula is C19H16Cl2N2O3. The molecule has 1 heterocycles. The van der Waals surface area contributed by atoms with Gasteiger partial charge in [0.05, 0.1) is 13.7 Å². The second kappa shape index (κ2) is 8.25. The monoisotopic (exact) mass is 390 g/mol. The Morgan fingerprint density at radius 1 is 1.15 bits per heavy atom. The lowest BCUT2D eigenvalue weighted by atomic mass is 10.2. The molecule has 0 amide bonds. The lowest BCUT2D eigenvalue weighted by Gasteiger charge is -2.09. The highest BCUT2D eigenvalue weighted by molar-refractivity contribution is 6.50. The van der Waals surface area contributed by atoms with Crippen molar-refractivity contribution in [2.24, 2.45) is 0 Å². The van der Waals surface area contributed by atoms with Gasteiger partial charge in [-0.3, -0.25) is 0 Å². The first-order valence-electron chi connectivity index (χ1n) is 7.88. The number of nitrogens with zero attached hydrogens (tertiary/aromatic N) is 2. The van der Waals surface area contributed by atoms with E-state index in [1.807, 2.05) is 37.3 Å². The molecule has 0 aliphatic rings. The van der Waals surface area contributed by atoms with Gasteiger partial charge in [0, 0.05) is 10.6 Å². The Labute approximate surface area is 161 Å². The van der Waals surface area contributed by atoms with Gasteiger partial charge in [-0.15, -0.1) is 0 Å².